The van der Waals surface area contributed by atoms with Crippen molar-refractivity contribution in [1.82, 2.24) is 5.32 Å². The molecule has 0 spiro atoms. The van der Waals surface area contributed by atoms with Gasteiger partial charge in [0.05, 0.1) is 4.92 Å². The van der Waals surface area contributed by atoms with E-state index in [1.165, 1.54) is 12.1 Å². The van der Waals surface area contributed by atoms with E-state index in [-0.39, 0.29) is 5.69 Å². The van der Waals surface area contributed by atoms with Crippen molar-refractivity contribution in [2.75, 3.05) is 6.54 Å². The lowest BCUT2D eigenvalue weighted by molar-refractivity contribution is -0.384. The number of nitro groups is 1. The van der Waals surface area contributed by atoms with Crippen molar-refractivity contribution in [2.24, 2.45) is 0 Å². The lowest BCUT2D eigenvalue weighted by Crippen LogP contribution is -2.27. The number of aliphatic hydroxyl groups is 1. The largest absolute Gasteiger partial charge is 0.379 e. The molecule has 0 saturated carbocycles. The second-order valence-corrected chi connectivity index (χ2v) is 3.30. The summed E-state index contributed by atoms with van der Waals surface area (Å²) in [6.07, 6.45) is 0.214. The van der Waals surface area contributed by atoms with Crippen molar-refractivity contribution in [1.29, 1.82) is 0 Å². The fourth-order valence-electron chi connectivity index (χ4n) is 1.21. The molecule has 0 amide bonds. The second-order valence-electron chi connectivity index (χ2n) is 3.30. The third-order valence-electron chi connectivity index (χ3n) is 2.00. The van der Waals surface area contributed by atoms with Crippen LogP contribution in [0, 0.1) is 10.1 Å². The number of benzene rings is 1. The third kappa shape index (κ3) is 4.05. The molecule has 1 aromatic rings. The molecule has 2 N–H and O–H groups in total. The zero-order valence-corrected chi connectivity index (χ0v) is 8.51. The molecular weight excluding hydrogens is 196 g/mol. The molecule has 0 aromatic heterocycles. The predicted octanol–water partition coefficient (Wildman–Crippen LogP) is 1.07. The van der Waals surface area contributed by atoms with Gasteiger partial charge in [0.15, 0.2) is 0 Å². The zero-order chi connectivity index (χ0) is 11.3. The van der Waals surface area contributed by atoms with E-state index in [0.717, 1.165) is 12.0 Å². The van der Waals surface area contributed by atoms with Crippen LogP contribution in [0.25, 0.3) is 0 Å². The summed E-state index contributed by atoms with van der Waals surface area (Å²) in [7, 11) is 0. The molecule has 0 heterocycles. The Bertz CT molecular complexity index is 322. The summed E-state index contributed by atoms with van der Waals surface area (Å²) in [5, 5.41) is 22.2. The first-order chi connectivity index (χ1) is 7.09. The van der Waals surface area contributed by atoms with Gasteiger partial charge in [0.2, 0.25) is 0 Å². The first kappa shape index (κ1) is 11.6. The molecule has 1 unspecified atom stereocenters. The van der Waals surface area contributed by atoms with E-state index in [4.69, 9.17) is 5.11 Å². The first-order valence-corrected chi connectivity index (χ1v) is 4.74. The maximum atomic E-state index is 10.4. The number of hydrogen-bond acceptors (Lipinski definition) is 4. The molecule has 82 valence electrons. The number of non-ortho nitro benzene ring substituents is 1. The minimum Gasteiger partial charge on any atom is -0.379 e. The Labute approximate surface area is 87.9 Å². The molecule has 0 saturated heterocycles. The van der Waals surface area contributed by atoms with Gasteiger partial charge in [0.25, 0.3) is 5.69 Å². The average Bonchev–Trinajstić information content (AvgIpc) is 2.18. The number of nitrogens with zero attached hydrogens (tertiary/aromatic N) is 1. The Morgan fingerprint density at radius 3 is 2.53 bits per heavy atom. The van der Waals surface area contributed by atoms with Crippen molar-refractivity contribution in [3.05, 3.63) is 39.9 Å². The van der Waals surface area contributed by atoms with E-state index in [1.807, 2.05) is 0 Å². The molecule has 0 aliphatic heterocycles. The van der Waals surface area contributed by atoms with E-state index in [0.29, 0.717) is 6.54 Å². The minimum atomic E-state index is -0.525. The van der Waals surface area contributed by atoms with Gasteiger partial charge < -0.3 is 5.11 Å². The summed E-state index contributed by atoms with van der Waals surface area (Å²) in [6, 6.07) is 6.42. The van der Waals surface area contributed by atoms with Gasteiger partial charge in [0, 0.05) is 18.7 Å². The molecule has 5 nitrogen and oxygen atoms in total. The van der Waals surface area contributed by atoms with Crippen molar-refractivity contribution < 1.29 is 10.0 Å². The summed E-state index contributed by atoms with van der Waals surface area (Å²) >= 11 is 0. The number of hydrogen-bond donors (Lipinski definition) is 2. The van der Waals surface area contributed by atoms with Crippen LogP contribution in [0.4, 0.5) is 5.69 Å². The fraction of sp³-hybridized carbons (Fsp3) is 0.400. The van der Waals surface area contributed by atoms with Gasteiger partial charge in [-0.05, 0) is 18.9 Å². The third-order valence-corrected chi connectivity index (χ3v) is 2.00. The highest BCUT2D eigenvalue weighted by Gasteiger charge is 2.03. The van der Waals surface area contributed by atoms with E-state index in [2.05, 4.69) is 5.32 Å². The summed E-state index contributed by atoms with van der Waals surface area (Å²) in [5.41, 5.74) is 1.11. The summed E-state index contributed by atoms with van der Waals surface area (Å²) in [4.78, 5) is 9.96. The Kier molecular flexibility index (Phi) is 4.20. The van der Waals surface area contributed by atoms with Gasteiger partial charge in [-0.3, -0.25) is 15.4 Å². The van der Waals surface area contributed by atoms with Crippen LogP contribution in [-0.4, -0.2) is 22.8 Å². The Balaban J connectivity index is 2.46. The van der Waals surface area contributed by atoms with E-state index in [1.54, 1.807) is 19.1 Å². The van der Waals surface area contributed by atoms with Gasteiger partial charge >= 0.3 is 0 Å². The monoisotopic (exact) mass is 210 g/mol. The minimum absolute atomic E-state index is 0.0993. The van der Waals surface area contributed by atoms with Crippen LogP contribution in [0.5, 0.6) is 0 Å². The summed E-state index contributed by atoms with van der Waals surface area (Å²) < 4.78 is 0. The molecule has 0 aliphatic carbocycles. The van der Waals surface area contributed by atoms with Gasteiger partial charge in [-0.25, -0.2) is 0 Å². The number of aliphatic hydroxyl groups excluding tert-OH is 1. The quantitative estimate of drug-likeness (QED) is 0.433. The van der Waals surface area contributed by atoms with E-state index < -0.39 is 11.2 Å². The highest BCUT2D eigenvalue weighted by atomic mass is 16.6. The Morgan fingerprint density at radius 1 is 1.47 bits per heavy atom. The van der Waals surface area contributed by atoms with Crippen molar-refractivity contribution in [2.45, 2.75) is 19.6 Å². The maximum Gasteiger partial charge on any atom is 0.269 e. The van der Waals surface area contributed by atoms with Crippen LogP contribution in [-0.2, 0) is 6.42 Å². The van der Waals surface area contributed by atoms with Crippen molar-refractivity contribution in [3.63, 3.8) is 0 Å². The predicted molar refractivity (Wildman–Crippen MR) is 56.5 cm³/mol. The Morgan fingerprint density at radius 2 is 2.07 bits per heavy atom. The average molecular weight is 210 g/mol. The lowest BCUT2D eigenvalue weighted by Gasteiger charge is -2.06. The maximum absolute atomic E-state index is 10.4. The summed E-state index contributed by atoms with van der Waals surface area (Å²) in [5.74, 6) is 0. The molecule has 5 heteroatoms. The Hall–Kier alpha value is -1.46. The van der Waals surface area contributed by atoms with Crippen LogP contribution in [0.1, 0.15) is 12.5 Å². The first-order valence-electron chi connectivity index (χ1n) is 4.74. The molecule has 0 bridgehead atoms. The van der Waals surface area contributed by atoms with E-state index >= 15 is 0 Å². The van der Waals surface area contributed by atoms with Gasteiger partial charge in [-0.2, -0.15) is 0 Å². The number of rotatable bonds is 5. The molecule has 1 aromatic carbocycles. The standard InChI is InChI=1S/C10H14N2O3/c1-8(13)11-7-6-9-2-4-10(5-3-9)12(14)15/h2-5,8,11,13H,6-7H2,1H3. The van der Waals surface area contributed by atoms with Crippen molar-refractivity contribution in [3.8, 4) is 0 Å². The van der Waals surface area contributed by atoms with Crippen LogP contribution in [0.2, 0.25) is 0 Å². The summed E-state index contributed by atoms with van der Waals surface area (Å²) in [6.45, 7) is 2.30. The fourth-order valence-corrected chi connectivity index (χ4v) is 1.21. The van der Waals surface area contributed by atoms with Gasteiger partial charge in [-0.15, -0.1) is 0 Å². The highest BCUT2D eigenvalue weighted by Crippen LogP contribution is 2.11. The van der Waals surface area contributed by atoms with Crippen LogP contribution < -0.4 is 5.32 Å². The van der Waals surface area contributed by atoms with Crippen LogP contribution in [0.3, 0.4) is 0 Å². The van der Waals surface area contributed by atoms with Gasteiger partial charge in [-0.1, -0.05) is 12.1 Å². The van der Waals surface area contributed by atoms with Crippen LogP contribution in [0.15, 0.2) is 24.3 Å². The second kappa shape index (κ2) is 5.43. The lowest BCUT2D eigenvalue weighted by atomic mass is 10.1. The SMILES string of the molecule is CC(O)NCCc1ccc([N+](=O)[O-])cc1. The highest BCUT2D eigenvalue weighted by molar-refractivity contribution is 5.32. The normalized spacial score (nSPS) is 12.4. The number of nitrogens with one attached hydrogen (secondary N) is 1. The van der Waals surface area contributed by atoms with E-state index in [9.17, 15) is 10.1 Å². The molecule has 0 radical (unpaired) electrons. The van der Waals surface area contributed by atoms with Crippen molar-refractivity contribution >= 4 is 5.69 Å². The topological polar surface area (TPSA) is 75.4 Å². The smallest absolute Gasteiger partial charge is 0.269 e. The van der Waals surface area contributed by atoms with Gasteiger partial charge in [0.1, 0.15) is 6.23 Å². The zero-order valence-electron chi connectivity index (χ0n) is 8.51. The molecule has 0 fully saturated rings. The van der Waals surface area contributed by atoms with Crippen LogP contribution >= 0.6 is 0 Å². The molecular formula is C10H14N2O3. The molecule has 15 heavy (non-hydrogen) atoms. The molecule has 1 rings (SSSR count). The molecule has 1 atom stereocenters. The number of nitro benzene ring substituents is 1. The molecule has 0 aliphatic rings.